The van der Waals surface area contributed by atoms with Gasteiger partial charge in [-0.3, -0.25) is 4.79 Å². The van der Waals surface area contributed by atoms with Crippen molar-refractivity contribution in [3.05, 3.63) is 93.9 Å². The van der Waals surface area contributed by atoms with Gasteiger partial charge in [0.25, 0.3) is 5.91 Å². The van der Waals surface area contributed by atoms with E-state index in [0.717, 1.165) is 22.4 Å². The summed E-state index contributed by atoms with van der Waals surface area (Å²) in [5.41, 5.74) is 4.52. The van der Waals surface area contributed by atoms with Gasteiger partial charge in [-0.05, 0) is 66.6 Å². The number of nitrogens with zero attached hydrogens (tertiary/aromatic N) is 1. The first-order valence-electron chi connectivity index (χ1n) is 9.84. The SMILES string of the molecule is Cc1ccc(COc2ccc(/C=C3\SC(=Nc4c(C)cccc4O)NC3=O)cc2)cc1. The van der Waals surface area contributed by atoms with Gasteiger partial charge in [0.1, 0.15) is 23.8 Å². The second-order valence-electron chi connectivity index (χ2n) is 7.27. The molecule has 6 heteroatoms. The van der Waals surface area contributed by atoms with Crippen LogP contribution in [0.15, 0.2) is 76.6 Å². The molecule has 1 saturated heterocycles. The van der Waals surface area contributed by atoms with Crippen LogP contribution < -0.4 is 10.1 Å². The number of rotatable bonds is 5. The van der Waals surface area contributed by atoms with Crippen LogP contribution >= 0.6 is 11.8 Å². The third-order valence-corrected chi connectivity index (χ3v) is 5.69. The Morgan fingerprint density at radius 3 is 2.48 bits per heavy atom. The van der Waals surface area contributed by atoms with Crippen molar-refractivity contribution in [1.29, 1.82) is 0 Å². The molecule has 0 bridgehead atoms. The molecule has 31 heavy (non-hydrogen) atoms. The van der Waals surface area contributed by atoms with E-state index in [1.54, 1.807) is 12.1 Å². The molecule has 1 aliphatic heterocycles. The number of para-hydroxylation sites is 1. The zero-order valence-electron chi connectivity index (χ0n) is 17.3. The Hall–Kier alpha value is -3.51. The summed E-state index contributed by atoms with van der Waals surface area (Å²) in [6, 6.07) is 21.0. The topological polar surface area (TPSA) is 70.9 Å². The minimum Gasteiger partial charge on any atom is -0.506 e. The second kappa shape index (κ2) is 9.10. The van der Waals surface area contributed by atoms with Crippen molar-refractivity contribution < 1.29 is 14.6 Å². The van der Waals surface area contributed by atoms with E-state index in [2.05, 4.69) is 41.5 Å². The van der Waals surface area contributed by atoms with Gasteiger partial charge in [-0.15, -0.1) is 0 Å². The summed E-state index contributed by atoms with van der Waals surface area (Å²) in [6.45, 7) is 4.42. The summed E-state index contributed by atoms with van der Waals surface area (Å²) < 4.78 is 5.84. The number of phenolic OH excluding ortho intramolecular Hbond substituents is 1. The maximum Gasteiger partial charge on any atom is 0.264 e. The predicted octanol–water partition coefficient (Wildman–Crippen LogP) is 5.48. The van der Waals surface area contributed by atoms with Crippen molar-refractivity contribution in [2.45, 2.75) is 20.5 Å². The number of hydrogen-bond acceptors (Lipinski definition) is 5. The molecule has 3 aromatic carbocycles. The van der Waals surface area contributed by atoms with E-state index in [1.165, 1.54) is 17.3 Å². The summed E-state index contributed by atoms with van der Waals surface area (Å²) >= 11 is 1.25. The van der Waals surface area contributed by atoms with Crippen LogP contribution in [-0.2, 0) is 11.4 Å². The first-order chi connectivity index (χ1) is 15.0. The Labute approximate surface area is 185 Å². The molecular weight excluding hydrogens is 408 g/mol. The molecule has 4 rings (SSSR count). The summed E-state index contributed by atoms with van der Waals surface area (Å²) in [5.74, 6) is 0.640. The average molecular weight is 431 g/mol. The quantitative estimate of drug-likeness (QED) is 0.526. The molecular formula is C25H22N2O3S. The number of aryl methyl sites for hydroxylation is 2. The summed E-state index contributed by atoms with van der Waals surface area (Å²) in [7, 11) is 0. The van der Waals surface area contributed by atoms with Gasteiger partial charge >= 0.3 is 0 Å². The first kappa shape index (κ1) is 20.8. The number of carbonyl (C=O) groups excluding carboxylic acids is 1. The predicted molar refractivity (Wildman–Crippen MR) is 126 cm³/mol. The maximum absolute atomic E-state index is 12.3. The number of aliphatic imine (C=N–C) groups is 1. The van der Waals surface area contributed by atoms with Crippen LogP contribution in [0.1, 0.15) is 22.3 Å². The Morgan fingerprint density at radius 2 is 1.77 bits per heavy atom. The molecule has 0 spiro atoms. The third kappa shape index (κ3) is 5.16. The molecule has 0 atom stereocenters. The number of ether oxygens (including phenoxy) is 1. The van der Waals surface area contributed by atoms with Gasteiger partial charge in [0.05, 0.1) is 4.91 Å². The number of nitrogens with one attached hydrogen (secondary N) is 1. The smallest absolute Gasteiger partial charge is 0.264 e. The molecule has 0 aromatic heterocycles. The van der Waals surface area contributed by atoms with Crippen LogP contribution in [0.5, 0.6) is 11.5 Å². The van der Waals surface area contributed by atoms with Gasteiger partial charge < -0.3 is 15.2 Å². The van der Waals surface area contributed by atoms with Gasteiger partial charge in [-0.1, -0.05) is 54.1 Å². The van der Waals surface area contributed by atoms with Crippen LogP contribution in [0, 0.1) is 13.8 Å². The maximum atomic E-state index is 12.3. The van der Waals surface area contributed by atoms with Crippen molar-refractivity contribution in [2.75, 3.05) is 0 Å². The average Bonchev–Trinajstić information content (AvgIpc) is 3.10. The summed E-state index contributed by atoms with van der Waals surface area (Å²) in [5, 5.41) is 13.2. The van der Waals surface area contributed by atoms with Gasteiger partial charge in [-0.25, -0.2) is 4.99 Å². The molecule has 1 aliphatic rings. The lowest BCUT2D eigenvalue weighted by molar-refractivity contribution is -0.115. The Kier molecular flexibility index (Phi) is 6.09. The van der Waals surface area contributed by atoms with E-state index < -0.39 is 0 Å². The molecule has 3 aromatic rings. The molecule has 0 saturated carbocycles. The zero-order valence-corrected chi connectivity index (χ0v) is 18.1. The highest BCUT2D eigenvalue weighted by atomic mass is 32.2. The number of hydrogen-bond donors (Lipinski definition) is 2. The van der Waals surface area contributed by atoms with Crippen molar-refractivity contribution in [2.24, 2.45) is 4.99 Å². The molecule has 0 radical (unpaired) electrons. The fourth-order valence-corrected chi connectivity index (χ4v) is 3.86. The highest BCUT2D eigenvalue weighted by Crippen LogP contribution is 2.33. The number of amides is 1. The van der Waals surface area contributed by atoms with Crippen LogP contribution in [0.25, 0.3) is 6.08 Å². The Balaban J connectivity index is 1.43. The molecule has 5 nitrogen and oxygen atoms in total. The number of phenols is 1. The monoisotopic (exact) mass is 430 g/mol. The lowest BCUT2D eigenvalue weighted by Gasteiger charge is -2.07. The van der Waals surface area contributed by atoms with Crippen LogP contribution in [0.4, 0.5) is 5.69 Å². The normalized spacial score (nSPS) is 16.0. The number of thioether (sulfide) groups is 1. The number of amidine groups is 1. The van der Waals surface area contributed by atoms with E-state index in [1.807, 2.05) is 43.3 Å². The number of carbonyl (C=O) groups is 1. The Morgan fingerprint density at radius 1 is 1.03 bits per heavy atom. The van der Waals surface area contributed by atoms with Crippen molar-refractivity contribution in [3.8, 4) is 11.5 Å². The van der Waals surface area contributed by atoms with Crippen LogP contribution in [0.2, 0.25) is 0 Å². The molecule has 1 heterocycles. The minimum absolute atomic E-state index is 0.0843. The number of benzene rings is 3. The van der Waals surface area contributed by atoms with Crippen LogP contribution in [0.3, 0.4) is 0 Å². The first-order valence-corrected chi connectivity index (χ1v) is 10.7. The van der Waals surface area contributed by atoms with Crippen molar-refractivity contribution in [1.82, 2.24) is 5.32 Å². The number of aromatic hydroxyl groups is 1. The van der Waals surface area contributed by atoms with E-state index in [4.69, 9.17) is 4.74 Å². The zero-order chi connectivity index (χ0) is 21.8. The molecule has 0 aliphatic carbocycles. The Bertz CT molecular complexity index is 1150. The van der Waals surface area contributed by atoms with E-state index >= 15 is 0 Å². The molecule has 156 valence electrons. The lowest BCUT2D eigenvalue weighted by atomic mass is 10.1. The van der Waals surface area contributed by atoms with Crippen molar-refractivity contribution >= 4 is 34.6 Å². The standard InChI is InChI=1S/C25H22N2O3S/c1-16-6-8-19(9-7-16)15-30-20-12-10-18(11-13-20)14-22-24(29)27-25(31-22)26-23-17(2)4-3-5-21(23)28/h3-14,28H,15H2,1-2H3,(H,26,27,29)/b22-14-. The molecule has 1 amide bonds. The molecule has 2 N–H and O–H groups in total. The third-order valence-electron chi connectivity index (χ3n) is 4.78. The molecule has 0 unspecified atom stereocenters. The van der Waals surface area contributed by atoms with Gasteiger partial charge in [0, 0.05) is 0 Å². The fourth-order valence-electron chi connectivity index (χ4n) is 3.03. The van der Waals surface area contributed by atoms with Crippen LogP contribution in [-0.4, -0.2) is 16.2 Å². The lowest BCUT2D eigenvalue weighted by Crippen LogP contribution is -2.19. The molecule has 1 fully saturated rings. The highest BCUT2D eigenvalue weighted by molar-refractivity contribution is 8.18. The largest absolute Gasteiger partial charge is 0.506 e. The van der Waals surface area contributed by atoms with E-state index in [0.29, 0.717) is 22.4 Å². The second-order valence-corrected chi connectivity index (χ2v) is 8.30. The summed E-state index contributed by atoms with van der Waals surface area (Å²) in [4.78, 5) is 17.3. The van der Waals surface area contributed by atoms with Gasteiger partial charge in [-0.2, -0.15) is 0 Å². The minimum atomic E-state index is -0.212. The fraction of sp³-hybridized carbons (Fsp3) is 0.120. The van der Waals surface area contributed by atoms with E-state index in [-0.39, 0.29) is 11.7 Å². The van der Waals surface area contributed by atoms with Crippen molar-refractivity contribution in [3.63, 3.8) is 0 Å². The summed E-state index contributed by atoms with van der Waals surface area (Å²) in [6.07, 6.45) is 1.81. The van der Waals surface area contributed by atoms with E-state index in [9.17, 15) is 9.90 Å². The van der Waals surface area contributed by atoms with Gasteiger partial charge in [0.2, 0.25) is 0 Å². The van der Waals surface area contributed by atoms with Gasteiger partial charge in [0.15, 0.2) is 5.17 Å². The highest BCUT2D eigenvalue weighted by Gasteiger charge is 2.24.